The van der Waals surface area contributed by atoms with E-state index < -0.39 is 20.3 Å². The highest BCUT2D eigenvalue weighted by molar-refractivity contribution is 6.73. The van der Waals surface area contributed by atoms with Crippen LogP contribution < -0.4 is 10.2 Å². The lowest BCUT2D eigenvalue weighted by Crippen LogP contribution is -2.26. The van der Waals surface area contributed by atoms with E-state index in [2.05, 4.69) is 26.2 Å². The highest BCUT2D eigenvalue weighted by Gasteiger charge is 2.11. The zero-order chi connectivity index (χ0) is 17.6. The van der Waals surface area contributed by atoms with Gasteiger partial charge in [0.25, 0.3) is 0 Å². The van der Waals surface area contributed by atoms with E-state index in [1.54, 1.807) is 13.8 Å². The Hall–Kier alpha value is -1.19. The number of carbonyl (C=O) groups excluding carboxylic acids is 2. The SMILES string of the molecule is C/C=C(\C)C(=O)[O-].C/C=C(\C)C(=O)[O-].C[Si]O[Si](C)(C)C. The Morgan fingerprint density at radius 3 is 1.24 bits per heavy atom. The molecule has 0 saturated carbocycles. The molecule has 0 aromatic rings. The molecule has 0 aliphatic heterocycles. The first kappa shape index (κ1) is 24.8. The van der Waals surface area contributed by atoms with E-state index in [4.69, 9.17) is 4.12 Å². The predicted octanol–water partition coefficient (Wildman–Crippen LogP) is 0.910. The van der Waals surface area contributed by atoms with Crippen molar-refractivity contribution in [2.75, 3.05) is 0 Å². The lowest BCUT2D eigenvalue weighted by Gasteiger charge is -2.14. The molecule has 0 fully saturated rings. The molecule has 2 radical (unpaired) electrons. The third-order valence-corrected chi connectivity index (χ3v) is 5.18. The topological polar surface area (TPSA) is 89.5 Å². The number of hydrogen-bond acceptors (Lipinski definition) is 5. The monoisotopic (exact) mass is 330 g/mol. The molecule has 0 heterocycles. The second-order valence-electron chi connectivity index (χ2n) is 4.94. The van der Waals surface area contributed by atoms with Gasteiger partial charge >= 0.3 is 0 Å². The third-order valence-electron chi connectivity index (χ3n) is 1.92. The molecule has 0 aliphatic rings. The minimum Gasteiger partial charge on any atom is -0.545 e. The van der Waals surface area contributed by atoms with Gasteiger partial charge < -0.3 is 23.9 Å². The summed E-state index contributed by atoms with van der Waals surface area (Å²) in [6.45, 7) is 15.0. The Morgan fingerprint density at radius 1 is 0.952 bits per heavy atom. The minimum absolute atomic E-state index is 0.278. The number of hydrogen-bond donors (Lipinski definition) is 0. The van der Waals surface area contributed by atoms with Crippen molar-refractivity contribution in [2.24, 2.45) is 0 Å². The summed E-state index contributed by atoms with van der Waals surface area (Å²) in [7, 11) is -0.474. The summed E-state index contributed by atoms with van der Waals surface area (Å²) in [6, 6.07) is 0. The number of carboxylic acid groups (broad SMARTS) is 2. The molecule has 0 bridgehead atoms. The zero-order valence-electron chi connectivity index (χ0n) is 14.2. The van der Waals surface area contributed by atoms with Gasteiger partial charge in [-0.1, -0.05) is 12.2 Å². The lowest BCUT2D eigenvalue weighted by atomic mass is 10.3. The van der Waals surface area contributed by atoms with Crippen LogP contribution in [0.3, 0.4) is 0 Å². The maximum absolute atomic E-state index is 9.75. The fraction of sp³-hybridized carbons (Fsp3) is 0.571. The average Bonchev–Trinajstić information content (AvgIpc) is 2.36. The van der Waals surface area contributed by atoms with Crippen molar-refractivity contribution < 1.29 is 23.9 Å². The highest BCUT2D eigenvalue weighted by Crippen LogP contribution is 1.99. The molecule has 0 unspecified atom stereocenters. The van der Waals surface area contributed by atoms with Crippen LogP contribution in [0.2, 0.25) is 26.2 Å². The number of carboxylic acids is 2. The van der Waals surface area contributed by atoms with E-state index in [1.165, 1.54) is 26.0 Å². The van der Waals surface area contributed by atoms with Gasteiger partial charge in [-0.05, 0) is 65.0 Å². The zero-order valence-corrected chi connectivity index (χ0v) is 16.2. The molecule has 0 spiro atoms. The fourth-order valence-electron chi connectivity index (χ4n) is 0.542. The quantitative estimate of drug-likeness (QED) is 0.564. The number of aliphatic carboxylic acids is 2. The van der Waals surface area contributed by atoms with Crippen molar-refractivity contribution in [2.45, 2.75) is 53.9 Å². The van der Waals surface area contributed by atoms with Crippen molar-refractivity contribution in [1.29, 1.82) is 0 Å². The molecular weight excluding hydrogens is 304 g/mol. The smallest absolute Gasteiger partial charge is 0.211 e. The summed E-state index contributed by atoms with van der Waals surface area (Å²) in [5.41, 5.74) is 0.556. The van der Waals surface area contributed by atoms with E-state index in [1.807, 2.05) is 0 Å². The Labute approximate surface area is 131 Å². The van der Waals surface area contributed by atoms with Gasteiger partial charge in [0.2, 0.25) is 9.76 Å². The van der Waals surface area contributed by atoms with E-state index in [9.17, 15) is 19.8 Å². The van der Waals surface area contributed by atoms with Crippen LogP contribution in [0.15, 0.2) is 23.3 Å². The summed E-state index contributed by atoms with van der Waals surface area (Å²) in [4.78, 5) is 19.5. The standard InChI is InChI=1S/2C5H8O2.C4H12OSi2/c2*1-3-4(2)5(6)7;1-6-5-7(2,3)4/h2*3H,1-2H3,(H,6,7);1-4H3/p-2/b2*4-3+;. The Kier molecular flexibility index (Phi) is 16.3. The van der Waals surface area contributed by atoms with Gasteiger partial charge in [0.05, 0.1) is 11.9 Å². The molecule has 0 aliphatic carbocycles. The molecule has 0 atom stereocenters. The average molecular weight is 331 g/mol. The molecule has 0 saturated heterocycles. The van der Waals surface area contributed by atoms with E-state index >= 15 is 0 Å². The fourth-order valence-corrected chi connectivity index (χ4v) is 2.99. The van der Waals surface area contributed by atoms with Gasteiger partial charge in [0.15, 0.2) is 8.32 Å². The molecule has 122 valence electrons. The van der Waals surface area contributed by atoms with E-state index in [0.29, 0.717) is 9.76 Å². The van der Waals surface area contributed by atoms with Crippen LogP contribution >= 0.6 is 0 Å². The minimum atomic E-state index is -1.14. The summed E-state index contributed by atoms with van der Waals surface area (Å²) in [5, 5.41) is 19.5. The Bertz CT molecular complexity index is 340. The summed E-state index contributed by atoms with van der Waals surface area (Å²) >= 11 is 0. The maximum atomic E-state index is 9.75. The van der Waals surface area contributed by atoms with Gasteiger partial charge in [0.1, 0.15) is 0 Å². The number of rotatable bonds is 4. The second kappa shape index (κ2) is 13.8. The molecule has 0 rings (SSSR count). The maximum Gasteiger partial charge on any atom is 0.211 e. The van der Waals surface area contributed by atoms with Crippen LogP contribution in [0.1, 0.15) is 27.7 Å². The van der Waals surface area contributed by atoms with Crippen LogP contribution in [-0.2, 0) is 13.7 Å². The lowest BCUT2D eigenvalue weighted by molar-refractivity contribution is -0.300. The first-order chi connectivity index (χ1) is 9.42. The molecule has 0 aromatic heterocycles. The molecule has 21 heavy (non-hydrogen) atoms. The predicted molar refractivity (Wildman–Crippen MR) is 84.9 cm³/mol. The largest absolute Gasteiger partial charge is 0.545 e. The molecule has 0 amide bonds. The summed E-state index contributed by atoms with van der Waals surface area (Å²) in [5.74, 6) is -2.19. The van der Waals surface area contributed by atoms with Gasteiger partial charge in [0, 0.05) is 0 Å². The van der Waals surface area contributed by atoms with Gasteiger partial charge in [-0.25, -0.2) is 0 Å². The Balaban J connectivity index is -0.000000231. The molecule has 0 aromatic carbocycles. The molecule has 5 nitrogen and oxygen atoms in total. The molecule has 7 heteroatoms. The van der Waals surface area contributed by atoms with Gasteiger partial charge in [-0.15, -0.1) is 0 Å². The van der Waals surface area contributed by atoms with Crippen molar-refractivity contribution in [1.82, 2.24) is 0 Å². The van der Waals surface area contributed by atoms with Crippen LogP contribution in [0.5, 0.6) is 0 Å². The second-order valence-corrected chi connectivity index (χ2v) is 10.4. The van der Waals surface area contributed by atoms with Gasteiger partial charge in [-0.2, -0.15) is 0 Å². The highest BCUT2D eigenvalue weighted by atomic mass is 28.4. The first-order valence-corrected chi connectivity index (χ1v) is 11.3. The summed E-state index contributed by atoms with van der Waals surface area (Å²) < 4.78 is 5.40. The van der Waals surface area contributed by atoms with Crippen LogP contribution in [0, 0.1) is 0 Å². The van der Waals surface area contributed by atoms with E-state index in [-0.39, 0.29) is 11.1 Å². The van der Waals surface area contributed by atoms with Crippen LogP contribution in [0.25, 0.3) is 0 Å². The number of carbonyl (C=O) groups is 2. The van der Waals surface area contributed by atoms with Gasteiger partial charge in [-0.3, -0.25) is 0 Å². The Morgan fingerprint density at radius 2 is 1.24 bits per heavy atom. The third kappa shape index (κ3) is 24.2. The summed E-state index contributed by atoms with van der Waals surface area (Å²) in [6.07, 6.45) is 2.99. The van der Waals surface area contributed by atoms with Crippen LogP contribution in [-0.4, -0.2) is 30.0 Å². The van der Waals surface area contributed by atoms with Crippen LogP contribution in [0.4, 0.5) is 0 Å². The van der Waals surface area contributed by atoms with Crippen molar-refractivity contribution >= 4 is 30.0 Å². The normalized spacial score (nSPS) is 11.6. The van der Waals surface area contributed by atoms with Crippen molar-refractivity contribution in [3.8, 4) is 0 Å². The van der Waals surface area contributed by atoms with E-state index in [0.717, 1.165) is 0 Å². The molecular formula is C14H26O5Si2-2. The molecule has 0 N–H and O–H groups in total. The number of allylic oxidation sites excluding steroid dienone is 2. The van der Waals surface area contributed by atoms with Crippen molar-refractivity contribution in [3.63, 3.8) is 0 Å². The van der Waals surface area contributed by atoms with Crippen molar-refractivity contribution in [3.05, 3.63) is 23.3 Å². The first-order valence-electron chi connectivity index (χ1n) is 6.46.